The Labute approximate surface area is 160 Å². The van der Waals surface area contributed by atoms with E-state index >= 15 is 0 Å². The molecule has 1 aromatic carbocycles. The van der Waals surface area contributed by atoms with E-state index in [2.05, 4.69) is 6.92 Å². The van der Waals surface area contributed by atoms with Gasteiger partial charge in [-0.25, -0.2) is 0 Å². The molecule has 4 rings (SSSR count). The number of carbonyl (C=O) groups is 2. The van der Waals surface area contributed by atoms with Crippen molar-refractivity contribution >= 4 is 11.9 Å². The quantitative estimate of drug-likeness (QED) is 0.632. The van der Waals surface area contributed by atoms with Crippen molar-refractivity contribution in [3.63, 3.8) is 0 Å². The summed E-state index contributed by atoms with van der Waals surface area (Å²) in [5.74, 6) is 1.57. The molecule has 5 atom stereocenters. The highest BCUT2D eigenvalue weighted by molar-refractivity contribution is 5.72. The monoisotopic (exact) mass is 372 g/mol. The van der Waals surface area contributed by atoms with E-state index in [0.29, 0.717) is 29.3 Å². The minimum atomic E-state index is -0.384. The molecule has 146 valence electrons. The summed E-state index contributed by atoms with van der Waals surface area (Å²) < 4.78 is 10.8. The fourth-order valence-electron chi connectivity index (χ4n) is 6.09. The zero-order valence-corrected chi connectivity index (χ0v) is 16.3. The molecule has 0 saturated heterocycles. The molecule has 3 aliphatic rings. The van der Waals surface area contributed by atoms with Gasteiger partial charge in [-0.05, 0) is 73.3 Å². The van der Waals surface area contributed by atoms with E-state index in [9.17, 15) is 14.7 Å². The van der Waals surface area contributed by atoms with Gasteiger partial charge in [0, 0.05) is 25.5 Å². The van der Waals surface area contributed by atoms with E-state index in [1.54, 1.807) is 6.07 Å². The number of benzene rings is 1. The molecule has 3 aliphatic carbocycles. The molecule has 0 bridgehead atoms. The van der Waals surface area contributed by atoms with Crippen molar-refractivity contribution in [3.05, 3.63) is 23.3 Å². The Morgan fingerprint density at radius 3 is 2.52 bits per heavy atom. The minimum Gasteiger partial charge on any atom is -0.427 e. The summed E-state index contributed by atoms with van der Waals surface area (Å²) in [6.07, 6.45) is 5.68. The molecule has 1 aromatic rings. The van der Waals surface area contributed by atoms with Crippen LogP contribution in [0, 0.1) is 17.3 Å². The molecule has 0 aliphatic heterocycles. The highest BCUT2D eigenvalue weighted by Gasteiger charge is 2.54. The number of aryl methyl sites for hydroxylation is 1. The molecule has 0 amide bonds. The normalized spacial score (nSPS) is 34.2. The molecule has 0 unspecified atom stereocenters. The molecular formula is C22H28O5. The first-order valence-electron chi connectivity index (χ1n) is 10.0. The van der Waals surface area contributed by atoms with Gasteiger partial charge in [0.2, 0.25) is 0 Å². The van der Waals surface area contributed by atoms with Crippen molar-refractivity contribution in [1.29, 1.82) is 0 Å². The van der Waals surface area contributed by atoms with Crippen LogP contribution in [-0.2, 0) is 16.0 Å². The number of fused-ring (bicyclic) bond motifs is 5. The van der Waals surface area contributed by atoms with Gasteiger partial charge < -0.3 is 14.6 Å². The zero-order chi connectivity index (χ0) is 19.3. The van der Waals surface area contributed by atoms with Crippen molar-refractivity contribution in [2.45, 2.75) is 71.3 Å². The van der Waals surface area contributed by atoms with Crippen LogP contribution in [0.1, 0.15) is 69.9 Å². The number of carbonyl (C=O) groups excluding carboxylic acids is 2. The van der Waals surface area contributed by atoms with Gasteiger partial charge in [0.25, 0.3) is 0 Å². The summed E-state index contributed by atoms with van der Waals surface area (Å²) in [5.41, 5.74) is 2.24. The molecule has 5 nitrogen and oxygen atoms in total. The molecule has 1 N–H and O–H groups in total. The Bertz CT molecular complexity index is 785. The van der Waals surface area contributed by atoms with Crippen LogP contribution in [0.2, 0.25) is 0 Å². The van der Waals surface area contributed by atoms with Gasteiger partial charge in [-0.2, -0.15) is 0 Å². The largest absolute Gasteiger partial charge is 0.427 e. The zero-order valence-electron chi connectivity index (χ0n) is 16.3. The fourth-order valence-corrected chi connectivity index (χ4v) is 6.09. The Morgan fingerprint density at radius 2 is 1.81 bits per heavy atom. The molecule has 5 heteroatoms. The highest BCUT2D eigenvalue weighted by Crippen LogP contribution is 2.62. The smallest absolute Gasteiger partial charge is 0.308 e. The van der Waals surface area contributed by atoms with Crippen LogP contribution in [0.25, 0.3) is 0 Å². The van der Waals surface area contributed by atoms with Gasteiger partial charge in [-0.3, -0.25) is 9.59 Å². The lowest BCUT2D eigenvalue weighted by Gasteiger charge is -2.50. The van der Waals surface area contributed by atoms with Crippen molar-refractivity contribution in [2.75, 3.05) is 0 Å². The minimum absolute atomic E-state index is 0.0119. The van der Waals surface area contributed by atoms with Crippen LogP contribution in [0.4, 0.5) is 0 Å². The van der Waals surface area contributed by atoms with Crippen molar-refractivity contribution in [3.8, 4) is 11.5 Å². The molecule has 27 heavy (non-hydrogen) atoms. The second kappa shape index (κ2) is 6.62. The summed E-state index contributed by atoms with van der Waals surface area (Å²) in [7, 11) is 0. The molecule has 0 spiro atoms. The Balaban J connectivity index is 1.74. The third kappa shape index (κ3) is 3.06. The maximum absolute atomic E-state index is 11.7. The van der Waals surface area contributed by atoms with Gasteiger partial charge >= 0.3 is 11.9 Å². The number of esters is 2. The van der Waals surface area contributed by atoms with E-state index < -0.39 is 0 Å². The summed E-state index contributed by atoms with van der Waals surface area (Å²) in [5, 5.41) is 10.5. The Hall–Kier alpha value is -1.88. The average molecular weight is 372 g/mol. The van der Waals surface area contributed by atoms with Crippen LogP contribution in [0.3, 0.4) is 0 Å². The second-order valence-electron chi connectivity index (χ2n) is 8.73. The summed E-state index contributed by atoms with van der Waals surface area (Å²) in [6.45, 7) is 5.02. The summed E-state index contributed by atoms with van der Waals surface area (Å²) in [6, 6.07) is 3.61. The number of aliphatic hydroxyl groups is 1. The molecule has 0 radical (unpaired) electrons. The Morgan fingerprint density at radius 1 is 1.07 bits per heavy atom. The first kappa shape index (κ1) is 18.5. The van der Waals surface area contributed by atoms with Crippen LogP contribution >= 0.6 is 0 Å². The maximum Gasteiger partial charge on any atom is 0.308 e. The van der Waals surface area contributed by atoms with E-state index in [-0.39, 0.29) is 23.5 Å². The maximum atomic E-state index is 11.7. The topological polar surface area (TPSA) is 72.8 Å². The highest BCUT2D eigenvalue weighted by atomic mass is 16.5. The van der Waals surface area contributed by atoms with E-state index in [1.807, 2.05) is 6.07 Å². The number of ether oxygens (including phenoxy) is 2. The first-order valence-corrected chi connectivity index (χ1v) is 10.0. The molecular weight excluding hydrogens is 344 g/mol. The van der Waals surface area contributed by atoms with E-state index in [0.717, 1.165) is 49.7 Å². The summed E-state index contributed by atoms with van der Waals surface area (Å²) >= 11 is 0. The van der Waals surface area contributed by atoms with Crippen molar-refractivity contribution < 1.29 is 24.2 Å². The molecule has 0 heterocycles. The predicted molar refractivity (Wildman–Crippen MR) is 99.7 cm³/mol. The molecule has 2 fully saturated rings. The third-order valence-corrected chi connectivity index (χ3v) is 7.22. The first-order chi connectivity index (χ1) is 12.8. The SMILES string of the molecule is CC(=O)Oc1cc2c(c(OC(C)=O)c1)[C@H]1CC[C@]3(C)[C@@H](O)CC[C@H]3[C@H]1CC2. The number of rotatable bonds is 2. The second-order valence-corrected chi connectivity index (χ2v) is 8.73. The van der Waals surface area contributed by atoms with E-state index in [4.69, 9.17) is 9.47 Å². The van der Waals surface area contributed by atoms with Gasteiger partial charge in [0.15, 0.2) is 0 Å². The lowest BCUT2D eigenvalue weighted by Crippen LogP contribution is -2.44. The van der Waals surface area contributed by atoms with Crippen molar-refractivity contribution in [1.82, 2.24) is 0 Å². The fraction of sp³-hybridized carbons (Fsp3) is 0.636. The molecule has 0 aromatic heterocycles. The van der Waals surface area contributed by atoms with Crippen LogP contribution in [-0.4, -0.2) is 23.1 Å². The average Bonchev–Trinajstić information content (AvgIpc) is 2.88. The number of hydrogen-bond donors (Lipinski definition) is 1. The van der Waals surface area contributed by atoms with Crippen molar-refractivity contribution in [2.24, 2.45) is 17.3 Å². The summed E-state index contributed by atoms with van der Waals surface area (Å²) in [4.78, 5) is 23.1. The van der Waals surface area contributed by atoms with E-state index in [1.165, 1.54) is 13.8 Å². The lowest BCUT2D eigenvalue weighted by molar-refractivity contribution is -0.132. The van der Waals surface area contributed by atoms with Gasteiger partial charge in [-0.15, -0.1) is 0 Å². The van der Waals surface area contributed by atoms with Crippen LogP contribution < -0.4 is 9.47 Å². The van der Waals surface area contributed by atoms with Crippen LogP contribution in [0.15, 0.2) is 12.1 Å². The number of hydrogen-bond acceptors (Lipinski definition) is 5. The molecule has 2 saturated carbocycles. The van der Waals surface area contributed by atoms with Gasteiger partial charge in [-0.1, -0.05) is 6.92 Å². The third-order valence-electron chi connectivity index (χ3n) is 7.22. The van der Waals surface area contributed by atoms with Crippen LogP contribution in [0.5, 0.6) is 11.5 Å². The van der Waals surface area contributed by atoms with Gasteiger partial charge in [0.1, 0.15) is 11.5 Å². The Kier molecular flexibility index (Phi) is 4.53. The lowest BCUT2D eigenvalue weighted by atomic mass is 9.55. The van der Waals surface area contributed by atoms with Gasteiger partial charge in [0.05, 0.1) is 6.10 Å². The standard InChI is InChI=1S/C22H28O5/c1-12(23)26-15-10-14-4-5-16-17(21(14)19(11-15)27-13(2)24)8-9-22(3)18(16)6-7-20(22)25/h10-11,16-18,20,25H,4-9H2,1-3H3/t16-,17-,18-,20-,22-/m0/s1. The predicted octanol–water partition coefficient (Wildman–Crippen LogP) is 3.75. The number of aliphatic hydroxyl groups excluding tert-OH is 1.